The minimum Gasteiger partial charge on any atom is -0.397 e. The zero-order chi connectivity index (χ0) is 28.4. The number of urea groups is 1. The standard InChI is InChI=1S/C27H32FN7O4/c1-3-33(4-2)14-7-15-34(27(37)31-20-11-12-21(28)25(16-20)35(38)39)18-19-10-13-24(30-17-19)26(36)32-23-9-6-5-8-22(23)29/h5-6,8-13,16-17H,3-4,7,14-15,18,29H2,1-2H3,(H,31,37)(H,32,36). The Labute approximate surface area is 226 Å². The van der Waals surface area contributed by atoms with Gasteiger partial charge in [0.15, 0.2) is 0 Å². The number of nitrogen functional groups attached to an aromatic ring is 1. The SMILES string of the molecule is CCN(CC)CCCN(Cc1ccc(C(=O)Nc2ccccc2N)nc1)C(=O)Nc1ccc(F)c([N+](=O)[O-])c1. The number of para-hydroxylation sites is 2. The second kappa shape index (κ2) is 13.8. The van der Waals surface area contributed by atoms with Gasteiger partial charge < -0.3 is 26.2 Å². The van der Waals surface area contributed by atoms with E-state index in [-0.39, 0.29) is 17.9 Å². The predicted octanol–water partition coefficient (Wildman–Crippen LogP) is 4.73. The van der Waals surface area contributed by atoms with Gasteiger partial charge in [-0.15, -0.1) is 0 Å². The van der Waals surface area contributed by atoms with Gasteiger partial charge in [0.2, 0.25) is 5.82 Å². The Hall–Kier alpha value is -4.58. The van der Waals surface area contributed by atoms with Crippen molar-refractivity contribution in [2.45, 2.75) is 26.8 Å². The van der Waals surface area contributed by atoms with Gasteiger partial charge in [-0.05, 0) is 62.0 Å². The maximum absolute atomic E-state index is 13.7. The summed E-state index contributed by atoms with van der Waals surface area (Å²) in [5.41, 5.74) is 7.02. The fraction of sp³-hybridized carbons (Fsp3) is 0.296. The van der Waals surface area contributed by atoms with E-state index in [2.05, 4.69) is 34.4 Å². The van der Waals surface area contributed by atoms with Crippen LogP contribution in [0, 0.1) is 15.9 Å². The molecule has 206 valence electrons. The van der Waals surface area contributed by atoms with Crippen molar-refractivity contribution >= 4 is 34.7 Å². The van der Waals surface area contributed by atoms with Crippen molar-refractivity contribution in [3.63, 3.8) is 0 Å². The number of nitrogens with two attached hydrogens (primary N) is 1. The lowest BCUT2D eigenvalue weighted by Gasteiger charge is -2.25. The number of amides is 3. The number of hydrogen-bond acceptors (Lipinski definition) is 7. The lowest BCUT2D eigenvalue weighted by molar-refractivity contribution is -0.387. The van der Waals surface area contributed by atoms with E-state index >= 15 is 0 Å². The molecule has 1 aromatic heterocycles. The third kappa shape index (κ3) is 8.20. The largest absolute Gasteiger partial charge is 0.397 e. The Morgan fingerprint density at radius 1 is 1.05 bits per heavy atom. The number of hydrogen-bond donors (Lipinski definition) is 3. The molecule has 12 heteroatoms. The first kappa shape index (κ1) is 29.0. The molecule has 11 nitrogen and oxygen atoms in total. The molecular weight excluding hydrogens is 505 g/mol. The molecule has 3 rings (SSSR count). The molecule has 2 aromatic carbocycles. The maximum Gasteiger partial charge on any atom is 0.322 e. The van der Waals surface area contributed by atoms with Crippen molar-refractivity contribution in [2.75, 3.05) is 42.5 Å². The fourth-order valence-electron chi connectivity index (χ4n) is 3.88. The van der Waals surface area contributed by atoms with Crippen LogP contribution in [0.2, 0.25) is 0 Å². The second-order valence-electron chi connectivity index (χ2n) is 8.75. The van der Waals surface area contributed by atoms with E-state index in [1.807, 2.05) is 0 Å². The van der Waals surface area contributed by atoms with Crippen molar-refractivity contribution in [1.82, 2.24) is 14.8 Å². The average molecular weight is 538 g/mol. The minimum absolute atomic E-state index is 0.104. The monoisotopic (exact) mass is 537 g/mol. The highest BCUT2D eigenvalue weighted by Crippen LogP contribution is 2.22. The van der Waals surface area contributed by atoms with Crippen molar-refractivity contribution in [2.24, 2.45) is 0 Å². The number of halogens is 1. The summed E-state index contributed by atoms with van der Waals surface area (Å²) in [6.07, 6.45) is 2.20. The molecule has 3 aromatic rings. The summed E-state index contributed by atoms with van der Waals surface area (Å²) in [6.45, 7) is 7.22. The number of benzene rings is 2. The third-order valence-corrected chi connectivity index (χ3v) is 6.12. The molecule has 0 aliphatic rings. The summed E-state index contributed by atoms with van der Waals surface area (Å²) in [5.74, 6) is -1.41. The predicted molar refractivity (Wildman–Crippen MR) is 148 cm³/mol. The van der Waals surface area contributed by atoms with Gasteiger partial charge in [-0.25, -0.2) is 4.79 Å². The van der Waals surface area contributed by atoms with Crippen LogP contribution >= 0.6 is 0 Å². The molecule has 0 atom stereocenters. The van der Waals surface area contributed by atoms with Crippen LogP contribution in [-0.4, -0.2) is 57.8 Å². The Balaban J connectivity index is 1.72. The first-order chi connectivity index (χ1) is 18.7. The number of carbonyl (C=O) groups is 2. The molecule has 0 spiro atoms. The molecule has 1 heterocycles. The Morgan fingerprint density at radius 3 is 2.44 bits per heavy atom. The normalized spacial score (nSPS) is 10.8. The Kier molecular flexibility index (Phi) is 10.3. The van der Waals surface area contributed by atoms with Gasteiger partial charge in [0.1, 0.15) is 5.69 Å². The summed E-state index contributed by atoms with van der Waals surface area (Å²) in [6, 6.07) is 12.8. The number of rotatable bonds is 12. The van der Waals surface area contributed by atoms with Crippen LogP contribution < -0.4 is 16.4 Å². The highest BCUT2D eigenvalue weighted by Gasteiger charge is 2.19. The van der Waals surface area contributed by atoms with Crippen molar-refractivity contribution in [1.29, 1.82) is 0 Å². The molecule has 39 heavy (non-hydrogen) atoms. The van der Waals surface area contributed by atoms with E-state index in [0.717, 1.165) is 31.8 Å². The number of nitro groups is 1. The van der Waals surface area contributed by atoms with Gasteiger partial charge in [-0.3, -0.25) is 19.9 Å². The van der Waals surface area contributed by atoms with Gasteiger partial charge in [0.05, 0.1) is 16.3 Å². The maximum atomic E-state index is 13.7. The molecule has 3 amide bonds. The Morgan fingerprint density at radius 2 is 1.79 bits per heavy atom. The zero-order valence-electron chi connectivity index (χ0n) is 21.9. The smallest absolute Gasteiger partial charge is 0.322 e. The summed E-state index contributed by atoms with van der Waals surface area (Å²) < 4.78 is 13.7. The van der Waals surface area contributed by atoms with Crippen LogP contribution in [0.15, 0.2) is 60.8 Å². The van der Waals surface area contributed by atoms with Crippen molar-refractivity contribution in [3.8, 4) is 0 Å². The second-order valence-corrected chi connectivity index (χ2v) is 8.75. The van der Waals surface area contributed by atoms with Crippen LogP contribution in [0.25, 0.3) is 0 Å². The molecule has 0 bridgehead atoms. The zero-order valence-corrected chi connectivity index (χ0v) is 21.9. The molecule has 0 aliphatic carbocycles. The van der Waals surface area contributed by atoms with E-state index in [1.165, 1.54) is 12.3 Å². The van der Waals surface area contributed by atoms with Gasteiger partial charge in [-0.1, -0.05) is 32.0 Å². The fourth-order valence-corrected chi connectivity index (χ4v) is 3.88. The topological polar surface area (TPSA) is 147 Å². The number of aromatic nitrogens is 1. The molecular formula is C27H32FN7O4. The highest BCUT2D eigenvalue weighted by molar-refractivity contribution is 6.04. The van der Waals surface area contributed by atoms with E-state index < -0.39 is 28.4 Å². The number of nitrogens with one attached hydrogen (secondary N) is 2. The van der Waals surface area contributed by atoms with Crippen molar-refractivity contribution < 1.29 is 18.9 Å². The number of nitro benzene ring substituents is 1. The van der Waals surface area contributed by atoms with Gasteiger partial charge >= 0.3 is 11.7 Å². The number of nitrogens with zero attached hydrogens (tertiary/aromatic N) is 4. The average Bonchev–Trinajstić information content (AvgIpc) is 2.93. The molecule has 0 fully saturated rings. The molecule has 0 saturated carbocycles. The first-order valence-electron chi connectivity index (χ1n) is 12.5. The van der Waals surface area contributed by atoms with Crippen LogP contribution in [-0.2, 0) is 6.54 Å². The number of pyridine rings is 1. The summed E-state index contributed by atoms with van der Waals surface area (Å²) in [4.78, 5) is 44.0. The van der Waals surface area contributed by atoms with E-state index in [9.17, 15) is 24.1 Å². The quantitative estimate of drug-likeness (QED) is 0.172. The van der Waals surface area contributed by atoms with Gasteiger partial charge in [0.25, 0.3) is 5.91 Å². The lowest BCUT2D eigenvalue weighted by atomic mass is 10.2. The lowest BCUT2D eigenvalue weighted by Crippen LogP contribution is -2.37. The number of carbonyl (C=O) groups excluding carboxylic acids is 2. The van der Waals surface area contributed by atoms with Crippen LogP contribution in [0.1, 0.15) is 36.3 Å². The minimum atomic E-state index is -0.987. The molecule has 0 saturated heterocycles. The molecule has 4 N–H and O–H groups in total. The molecule has 0 unspecified atom stereocenters. The third-order valence-electron chi connectivity index (χ3n) is 6.12. The van der Waals surface area contributed by atoms with Gasteiger partial charge in [-0.2, -0.15) is 4.39 Å². The summed E-state index contributed by atoms with van der Waals surface area (Å²) >= 11 is 0. The summed E-state index contributed by atoms with van der Waals surface area (Å²) in [7, 11) is 0. The number of anilines is 3. The summed E-state index contributed by atoms with van der Waals surface area (Å²) in [5, 5.41) is 16.4. The van der Waals surface area contributed by atoms with Crippen LogP contribution in [0.3, 0.4) is 0 Å². The molecule has 0 radical (unpaired) electrons. The Bertz CT molecular complexity index is 1300. The van der Waals surface area contributed by atoms with Crippen LogP contribution in [0.5, 0.6) is 0 Å². The van der Waals surface area contributed by atoms with Crippen molar-refractivity contribution in [3.05, 3.63) is 88.0 Å². The highest BCUT2D eigenvalue weighted by atomic mass is 19.1. The van der Waals surface area contributed by atoms with E-state index in [4.69, 9.17) is 5.73 Å². The van der Waals surface area contributed by atoms with Gasteiger partial charge in [0, 0.05) is 31.0 Å². The first-order valence-corrected chi connectivity index (χ1v) is 12.5. The van der Waals surface area contributed by atoms with Crippen LogP contribution in [0.4, 0.5) is 31.9 Å². The van der Waals surface area contributed by atoms with E-state index in [0.29, 0.717) is 29.9 Å². The molecule has 0 aliphatic heterocycles. The van der Waals surface area contributed by atoms with E-state index in [1.54, 1.807) is 41.3 Å².